The van der Waals surface area contributed by atoms with Crippen molar-refractivity contribution < 1.29 is 14.7 Å². The first kappa shape index (κ1) is 18.5. The molecule has 2 aliphatic heterocycles. The van der Waals surface area contributed by atoms with Crippen LogP contribution in [-0.2, 0) is 4.79 Å². The molecule has 1 aromatic carbocycles. The van der Waals surface area contributed by atoms with Crippen molar-refractivity contribution in [2.24, 2.45) is 11.8 Å². The summed E-state index contributed by atoms with van der Waals surface area (Å²) in [6.07, 6.45) is 5.27. The minimum atomic E-state index is -0.498. The third-order valence-corrected chi connectivity index (χ3v) is 6.76. The van der Waals surface area contributed by atoms with E-state index in [1.807, 2.05) is 41.0 Å². The van der Waals surface area contributed by atoms with Gasteiger partial charge in [-0.1, -0.05) is 18.2 Å². The van der Waals surface area contributed by atoms with E-state index >= 15 is 0 Å². The summed E-state index contributed by atoms with van der Waals surface area (Å²) in [7, 11) is 0. The second-order valence-electron chi connectivity index (χ2n) is 8.61. The monoisotopic (exact) mass is 370 g/mol. The van der Waals surface area contributed by atoms with Crippen LogP contribution >= 0.6 is 0 Å². The zero-order chi connectivity index (χ0) is 19.0. The van der Waals surface area contributed by atoms with Crippen LogP contribution in [0.4, 0.5) is 0 Å². The van der Waals surface area contributed by atoms with Gasteiger partial charge in [0.15, 0.2) is 0 Å². The van der Waals surface area contributed by atoms with Gasteiger partial charge in [0.05, 0.1) is 5.60 Å². The summed E-state index contributed by atoms with van der Waals surface area (Å²) in [5.41, 5.74) is 1.26. The molecule has 2 heterocycles. The molecule has 27 heavy (non-hydrogen) atoms. The second kappa shape index (κ2) is 7.27. The summed E-state index contributed by atoms with van der Waals surface area (Å²) in [5.74, 6) is 0.566. The van der Waals surface area contributed by atoms with E-state index in [0.29, 0.717) is 19.6 Å². The predicted molar refractivity (Wildman–Crippen MR) is 103 cm³/mol. The number of amides is 2. The number of carbonyl (C=O) groups is 2. The Morgan fingerprint density at radius 1 is 1.04 bits per heavy atom. The average Bonchev–Trinajstić information content (AvgIpc) is 3.46. The highest BCUT2D eigenvalue weighted by molar-refractivity contribution is 5.95. The molecule has 0 radical (unpaired) electrons. The Bertz CT molecular complexity index is 720. The highest BCUT2D eigenvalue weighted by atomic mass is 16.3. The van der Waals surface area contributed by atoms with Crippen molar-refractivity contribution in [1.82, 2.24) is 9.80 Å². The van der Waals surface area contributed by atoms with Crippen LogP contribution in [0.1, 0.15) is 54.4 Å². The Balaban J connectivity index is 1.33. The Morgan fingerprint density at radius 2 is 1.74 bits per heavy atom. The highest BCUT2D eigenvalue weighted by Crippen LogP contribution is 2.45. The van der Waals surface area contributed by atoms with E-state index in [0.717, 1.165) is 56.2 Å². The number of benzene rings is 1. The molecule has 1 atom stereocenters. The molecule has 3 aliphatic rings. The van der Waals surface area contributed by atoms with E-state index in [2.05, 4.69) is 0 Å². The minimum Gasteiger partial charge on any atom is -0.390 e. The molecule has 3 fully saturated rings. The number of hydrogen-bond donors (Lipinski definition) is 1. The molecular weight excluding hydrogens is 340 g/mol. The van der Waals surface area contributed by atoms with Gasteiger partial charge in [-0.25, -0.2) is 0 Å². The number of carbonyl (C=O) groups excluding carboxylic acids is 2. The van der Waals surface area contributed by atoms with Crippen LogP contribution in [-0.4, -0.2) is 58.5 Å². The first-order chi connectivity index (χ1) is 13.0. The van der Waals surface area contributed by atoms with Crippen molar-refractivity contribution in [2.75, 3.05) is 26.2 Å². The van der Waals surface area contributed by atoms with Gasteiger partial charge in [-0.05, 0) is 57.1 Å². The molecule has 146 valence electrons. The van der Waals surface area contributed by atoms with Gasteiger partial charge >= 0.3 is 0 Å². The molecule has 4 rings (SSSR count). The largest absolute Gasteiger partial charge is 0.390 e. The molecular formula is C22H30N2O3. The normalized spacial score (nSPS) is 25.3. The smallest absolute Gasteiger partial charge is 0.254 e. The van der Waals surface area contributed by atoms with E-state index in [1.165, 1.54) is 0 Å². The summed E-state index contributed by atoms with van der Waals surface area (Å²) in [6.45, 7) is 4.77. The standard InChI is InChI=1S/C22H30N2O3/c1-16-5-2-3-7-19(16)21(26)23-13-8-17(9-14-23)20(25)24-12-4-6-18(15-24)22(27)10-11-22/h2-3,5,7,17-18,27H,4,6,8-15H2,1H3. The maximum atomic E-state index is 13.0. The van der Waals surface area contributed by atoms with Gasteiger partial charge < -0.3 is 14.9 Å². The maximum absolute atomic E-state index is 13.0. The SMILES string of the molecule is Cc1ccccc1C(=O)N1CCC(C(=O)N2CCCC(C3(O)CC3)C2)CC1. The quantitative estimate of drug-likeness (QED) is 0.890. The van der Waals surface area contributed by atoms with Gasteiger partial charge in [0.1, 0.15) is 0 Å². The van der Waals surface area contributed by atoms with Crippen LogP contribution in [0.5, 0.6) is 0 Å². The summed E-state index contributed by atoms with van der Waals surface area (Å²) in [4.78, 5) is 29.6. The topological polar surface area (TPSA) is 60.9 Å². The van der Waals surface area contributed by atoms with Crippen LogP contribution < -0.4 is 0 Å². The molecule has 1 unspecified atom stereocenters. The van der Waals surface area contributed by atoms with Gasteiger partial charge in [0.2, 0.25) is 5.91 Å². The summed E-state index contributed by atoms with van der Waals surface area (Å²) in [5, 5.41) is 10.4. The fourth-order valence-corrected chi connectivity index (χ4v) is 4.72. The van der Waals surface area contributed by atoms with E-state index in [-0.39, 0.29) is 23.7 Å². The Kier molecular flexibility index (Phi) is 4.97. The molecule has 1 aromatic rings. The van der Waals surface area contributed by atoms with Crippen LogP contribution in [0.3, 0.4) is 0 Å². The third-order valence-electron chi connectivity index (χ3n) is 6.76. The molecule has 5 heteroatoms. The van der Waals surface area contributed by atoms with Crippen LogP contribution in [0.15, 0.2) is 24.3 Å². The molecule has 0 aromatic heterocycles. The lowest BCUT2D eigenvalue weighted by Crippen LogP contribution is -2.49. The Labute approximate surface area is 161 Å². The van der Waals surface area contributed by atoms with Crippen molar-refractivity contribution >= 4 is 11.8 Å². The summed E-state index contributed by atoms with van der Waals surface area (Å²) in [6, 6.07) is 7.69. The number of hydrogen-bond acceptors (Lipinski definition) is 3. The molecule has 2 saturated heterocycles. The number of rotatable bonds is 3. The van der Waals surface area contributed by atoms with Crippen LogP contribution in [0.25, 0.3) is 0 Å². The fourth-order valence-electron chi connectivity index (χ4n) is 4.72. The Morgan fingerprint density at radius 3 is 2.41 bits per heavy atom. The van der Waals surface area contributed by atoms with Crippen LogP contribution in [0, 0.1) is 18.8 Å². The molecule has 1 aliphatic carbocycles. The van der Waals surface area contributed by atoms with E-state index < -0.39 is 5.60 Å². The van der Waals surface area contributed by atoms with Gasteiger partial charge in [0.25, 0.3) is 5.91 Å². The second-order valence-corrected chi connectivity index (χ2v) is 8.61. The van der Waals surface area contributed by atoms with Crippen LogP contribution in [0.2, 0.25) is 0 Å². The maximum Gasteiger partial charge on any atom is 0.254 e. The molecule has 1 saturated carbocycles. The number of aliphatic hydroxyl groups is 1. The Hall–Kier alpha value is -1.88. The number of likely N-dealkylation sites (tertiary alicyclic amines) is 2. The molecule has 2 amide bonds. The highest BCUT2D eigenvalue weighted by Gasteiger charge is 2.49. The molecule has 0 bridgehead atoms. The number of aryl methyl sites for hydroxylation is 1. The van der Waals surface area contributed by atoms with E-state index in [1.54, 1.807) is 0 Å². The predicted octanol–water partition coefficient (Wildman–Crippen LogP) is 2.61. The van der Waals surface area contributed by atoms with Gasteiger partial charge in [0, 0.05) is 43.6 Å². The zero-order valence-corrected chi connectivity index (χ0v) is 16.2. The first-order valence-electron chi connectivity index (χ1n) is 10.3. The zero-order valence-electron chi connectivity index (χ0n) is 16.2. The fraction of sp³-hybridized carbons (Fsp3) is 0.636. The van der Waals surface area contributed by atoms with Crippen molar-refractivity contribution in [3.63, 3.8) is 0 Å². The first-order valence-corrected chi connectivity index (χ1v) is 10.3. The van der Waals surface area contributed by atoms with Gasteiger partial charge in [-0.2, -0.15) is 0 Å². The van der Waals surface area contributed by atoms with Gasteiger partial charge in [-0.15, -0.1) is 0 Å². The van der Waals surface area contributed by atoms with Crippen molar-refractivity contribution in [3.8, 4) is 0 Å². The lowest BCUT2D eigenvalue weighted by molar-refractivity contribution is -0.140. The van der Waals surface area contributed by atoms with Crippen molar-refractivity contribution in [2.45, 2.75) is 51.0 Å². The lowest BCUT2D eigenvalue weighted by atomic mass is 9.88. The molecule has 0 spiro atoms. The van der Waals surface area contributed by atoms with Gasteiger partial charge in [-0.3, -0.25) is 9.59 Å². The summed E-state index contributed by atoms with van der Waals surface area (Å²) >= 11 is 0. The van der Waals surface area contributed by atoms with E-state index in [4.69, 9.17) is 0 Å². The lowest BCUT2D eigenvalue weighted by Gasteiger charge is -2.39. The minimum absolute atomic E-state index is 0.0125. The average molecular weight is 370 g/mol. The van der Waals surface area contributed by atoms with Crippen molar-refractivity contribution in [1.29, 1.82) is 0 Å². The molecule has 1 N–H and O–H groups in total. The molecule has 5 nitrogen and oxygen atoms in total. The third kappa shape index (κ3) is 3.75. The number of nitrogens with zero attached hydrogens (tertiary/aromatic N) is 2. The number of piperidine rings is 2. The van der Waals surface area contributed by atoms with E-state index in [9.17, 15) is 14.7 Å². The summed E-state index contributed by atoms with van der Waals surface area (Å²) < 4.78 is 0. The van der Waals surface area contributed by atoms with Crippen molar-refractivity contribution in [3.05, 3.63) is 35.4 Å².